The van der Waals surface area contributed by atoms with Gasteiger partial charge in [-0.15, -0.1) is 11.3 Å². The summed E-state index contributed by atoms with van der Waals surface area (Å²) in [5.41, 5.74) is 7.86. The van der Waals surface area contributed by atoms with Crippen LogP contribution in [0.15, 0.2) is 121 Å². The Bertz CT molecular complexity index is 2360. The second kappa shape index (κ2) is 9.58. The third kappa shape index (κ3) is 3.76. The Morgan fingerprint density at radius 2 is 1.20 bits per heavy atom. The fourth-order valence-corrected chi connectivity index (χ4v) is 8.47. The van der Waals surface area contributed by atoms with Crippen LogP contribution in [0.4, 0.5) is 11.4 Å². The highest BCUT2D eigenvalue weighted by molar-refractivity contribution is 7.21. The summed E-state index contributed by atoms with van der Waals surface area (Å²) >= 11 is 1.90. The number of para-hydroxylation sites is 2. The summed E-state index contributed by atoms with van der Waals surface area (Å²) in [7, 11) is 2.20. The van der Waals surface area contributed by atoms with E-state index < -0.39 is 0 Å². The van der Waals surface area contributed by atoms with Gasteiger partial charge in [0.1, 0.15) is 0 Å². The fourth-order valence-electron chi connectivity index (χ4n) is 6.99. The SMILES string of the molecule is CN1c2ccccc2C(C)(C)c2sc3c(ccc4c5ccccc5n(-c5nc(-c6ccccc6)nc(-c6ccccc6)n5)c43)c21. The minimum absolute atomic E-state index is 0.139. The molecule has 0 fully saturated rings. The van der Waals surface area contributed by atoms with E-state index in [2.05, 4.69) is 115 Å². The van der Waals surface area contributed by atoms with Crippen LogP contribution >= 0.6 is 11.3 Å². The molecule has 5 aromatic carbocycles. The number of aromatic nitrogens is 4. The van der Waals surface area contributed by atoms with E-state index in [1.54, 1.807) is 0 Å². The van der Waals surface area contributed by atoms with Crippen molar-refractivity contribution < 1.29 is 0 Å². The standard InChI is InChI=1S/C39H29N5S/c1-39(2)29-19-11-13-21-31(29)43(3)33-28-23-22-27-26-18-10-12-20-30(26)44(32(27)34(28)45-35(33)39)38-41-36(24-14-6-4-7-15-24)40-37(42-38)25-16-8-5-9-17-25/h4-23H,1-3H3. The van der Waals surface area contributed by atoms with E-state index in [1.807, 2.05) is 47.7 Å². The van der Waals surface area contributed by atoms with Gasteiger partial charge in [-0.2, -0.15) is 9.97 Å². The predicted molar refractivity (Wildman–Crippen MR) is 187 cm³/mol. The van der Waals surface area contributed by atoms with Crippen molar-refractivity contribution in [2.24, 2.45) is 0 Å². The van der Waals surface area contributed by atoms with Crippen LogP contribution in [0.5, 0.6) is 0 Å². The Morgan fingerprint density at radius 1 is 0.600 bits per heavy atom. The summed E-state index contributed by atoms with van der Waals surface area (Å²) in [5, 5.41) is 3.62. The molecule has 3 aromatic heterocycles. The first-order valence-corrected chi connectivity index (χ1v) is 16.0. The number of hydrogen-bond acceptors (Lipinski definition) is 5. The minimum Gasteiger partial charge on any atom is -0.343 e. The van der Waals surface area contributed by atoms with E-state index >= 15 is 0 Å². The Balaban J connectivity index is 1.40. The van der Waals surface area contributed by atoms with E-state index in [4.69, 9.17) is 15.0 Å². The van der Waals surface area contributed by atoms with E-state index in [9.17, 15) is 0 Å². The maximum absolute atomic E-state index is 5.17. The molecule has 6 heteroatoms. The topological polar surface area (TPSA) is 46.8 Å². The highest BCUT2D eigenvalue weighted by Crippen LogP contribution is 2.56. The van der Waals surface area contributed by atoms with Crippen molar-refractivity contribution in [2.75, 3.05) is 11.9 Å². The molecule has 216 valence electrons. The largest absolute Gasteiger partial charge is 0.343 e. The molecule has 0 aliphatic carbocycles. The molecule has 9 rings (SSSR count). The zero-order valence-electron chi connectivity index (χ0n) is 25.2. The quantitative estimate of drug-likeness (QED) is 0.203. The van der Waals surface area contributed by atoms with Gasteiger partial charge in [0, 0.05) is 50.3 Å². The second-order valence-electron chi connectivity index (χ2n) is 12.2. The molecule has 4 heterocycles. The van der Waals surface area contributed by atoms with Gasteiger partial charge >= 0.3 is 0 Å². The van der Waals surface area contributed by atoms with Crippen LogP contribution in [-0.4, -0.2) is 26.6 Å². The van der Waals surface area contributed by atoms with Crippen molar-refractivity contribution >= 4 is 54.6 Å². The van der Waals surface area contributed by atoms with Crippen molar-refractivity contribution in [3.05, 3.63) is 132 Å². The lowest BCUT2D eigenvalue weighted by Crippen LogP contribution is -2.29. The van der Waals surface area contributed by atoms with Gasteiger partial charge < -0.3 is 4.90 Å². The van der Waals surface area contributed by atoms with Gasteiger partial charge in [-0.3, -0.25) is 4.57 Å². The van der Waals surface area contributed by atoms with Gasteiger partial charge in [-0.1, -0.05) is 123 Å². The zero-order valence-corrected chi connectivity index (χ0v) is 26.0. The molecule has 0 atom stereocenters. The van der Waals surface area contributed by atoms with Gasteiger partial charge in [-0.05, 0) is 17.7 Å². The van der Waals surface area contributed by atoms with Crippen LogP contribution in [0.2, 0.25) is 0 Å². The highest BCUT2D eigenvalue weighted by Gasteiger charge is 2.38. The summed E-state index contributed by atoms with van der Waals surface area (Å²) in [6.07, 6.45) is 0. The zero-order chi connectivity index (χ0) is 30.3. The van der Waals surface area contributed by atoms with Crippen LogP contribution in [0.3, 0.4) is 0 Å². The first kappa shape index (κ1) is 26.1. The number of fused-ring (bicyclic) bond motifs is 8. The van der Waals surface area contributed by atoms with Gasteiger partial charge in [0.05, 0.1) is 21.4 Å². The summed E-state index contributed by atoms with van der Waals surface area (Å²) in [5.74, 6) is 1.92. The number of anilines is 2. The van der Waals surface area contributed by atoms with Gasteiger partial charge in [-0.25, -0.2) is 4.98 Å². The molecule has 0 spiro atoms. The summed E-state index contributed by atoms with van der Waals surface area (Å²) in [6, 6.07) is 42.3. The average molecular weight is 600 g/mol. The van der Waals surface area contributed by atoms with Gasteiger partial charge in [0.25, 0.3) is 0 Å². The maximum atomic E-state index is 5.17. The van der Waals surface area contributed by atoms with Crippen LogP contribution < -0.4 is 4.90 Å². The van der Waals surface area contributed by atoms with Gasteiger partial charge in [0.15, 0.2) is 11.6 Å². The molecule has 8 aromatic rings. The molecule has 1 aliphatic heterocycles. The lowest BCUT2D eigenvalue weighted by Gasteiger charge is -2.38. The minimum atomic E-state index is -0.139. The average Bonchev–Trinajstić information content (AvgIpc) is 3.65. The Kier molecular flexibility index (Phi) is 5.56. The number of nitrogens with zero attached hydrogens (tertiary/aromatic N) is 5. The molecule has 5 nitrogen and oxygen atoms in total. The van der Waals surface area contributed by atoms with Crippen molar-refractivity contribution in [3.63, 3.8) is 0 Å². The number of rotatable bonds is 3. The first-order valence-electron chi connectivity index (χ1n) is 15.2. The molecule has 0 unspecified atom stereocenters. The molecule has 0 saturated carbocycles. The van der Waals surface area contributed by atoms with Crippen molar-refractivity contribution in [2.45, 2.75) is 19.3 Å². The lowest BCUT2D eigenvalue weighted by molar-refractivity contribution is 0.645. The fraction of sp³-hybridized carbons (Fsp3) is 0.103. The van der Waals surface area contributed by atoms with Crippen molar-refractivity contribution in [1.82, 2.24) is 19.5 Å². The van der Waals surface area contributed by atoms with Crippen LogP contribution in [0, 0.1) is 0 Å². The van der Waals surface area contributed by atoms with Crippen LogP contribution in [0.25, 0.3) is 60.6 Å². The van der Waals surface area contributed by atoms with E-state index in [-0.39, 0.29) is 5.41 Å². The third-order valence-corrected chi connectivity index (χ3v) is 10.7. The van der Waals surface area contributed by atoms with Crippen molar-refractivity contribution in [1.29, 1.82) is 0 Å². The molecule has 0 N–H and O–H groups in total. The second-order valence-corrected chi connectivity index (χ2v) is 13.2. The van der Waals surface area contributed by atoms with E-state index in [1.165, 1.54) is 42.7 Å². The molecule has 1 aliphatic rings. The number of benzene rings is 5. The molecule has 0 radical (unpaired) electrons. The Hall–Kier alpha value is -5.33. The normalized spacial score (nSPS) is 13.8. The number of thiophene rings is 1. The molecular weight excluding hydrogens is 571 g/mol. The Morgan fingerprint density at radius 3 is 1.91 bits per heavy atom. The van der Waals surface area contributed by atoms with Gasteiger partial charge in [0.2, 0.25) is 5.95 Å². The molecular formula is C39H29N5S. The molecule has 0 saturated heterocycles. The molecule has 45 heavy (non-hydrogen) atoms. The van der Waals surface area contributed by atoms with E-state index in [0.717, 1.165) is 22.2 Å². The smallest absolute Gasteiger partial charge is 0.238 e. The predicted octanol–water partition coefficient (Wildman–Crippen LogP) is 9.92. The summed E-state index contributed by atoms with van der Waals surface area (Å²) in [6.45, 7) is 4.70. The third-order valence-electron chi connectivity index (χ3n) is 9.19. The Labute approximate surface area is 265 Å². The summed E-state index contributed by atoms with van der Waals surface area (Å²) < 4.78 is 3.50. The summed E-state index contributed by atoms with van der Waals surface area (Å²) in [4.78, 5) is 19.1. The van der Waals surface area contributed by atoms with Crippen LogP contribution in [-0.2, 0) is 5.41 Å². The maximum Gasteiger partial charge on any atom is 0.238 e. The first-order chi connectivity index (χ1) is 22.0. The monoisotopic (exact) mass is 599 g/mol. The lowest BCUT2D eigenvalue weighted by atomic mass is 9.78. The molecule has 0 amide bonds. The van der Waals surface area contributed by atoms with Crippen LogP contribution in [0.1, 0.15) is 24.3 Å². The number of hydrogen-bond donors (Lipinski definition) is 0. The van der Waals surface area contributed by atoms with E-state index in [0.29, 0.717) is 17.6 Å². The molecule has 0 bridgehead atoms. The van der Waals surface area contributed by atoms with Crippen molar-refractivity contribution in [3.8, 4) is 28.7 Å². The highest BCUT2D eigenvalue weighted by atomic mass is 32.1.